The predicted molar refractivity (Wildman–Crippen MR) is 100.0 cm³/mol. The molecular formula is C18H27F3N6. The number of pyridine rings is 1. The Morgan fingerprint density at radius 3 is 2.63 bits per heavy atom. The van der Waals surface area contributed by atoms with E-state index in [4.69, 9.17) is 0 Å². The molecule has 6 nitrogen and oxygen atoms in total. The Morgan fingerprint density at radius 1 is 1.22 bits per heavy atom. The third-order valence-electron chi connectivity index (χ3n) is 5.09. The molecule has 3 rings (SSSR count). The molecule has 1 atom stereocenters. The van der Waals surface area contributed by atoms with E-state index < -0.39 is 12.7 Å². The molecule has 1 unspecified atom stereocenters. The quantitative estimate of drug-likeness (QED) is 0.632. The zero-order valence-corrected chi connectivity index (χ0v) is 15.6. The van der Waals surface area contributed by atoms with Crippen molar-refractivity contribution in [1.82, 2.24) is 20.1 Å². The van der Waals surface area contributed by atoms with E-state index in [9.17, 15) is 13.2 Å². The number of hydrogen-bond acceptors (Lipinski definition) is 4. The van der Waals surface area contributed by atoms with Gasteiger partial charge in [0.25, 0.3) is 0 Å². The molecule has 0 saturated carbocycles. The van der Waals surface area contributed by atoms with Crippen LogP contribution < -0.4 is 10.2 Å². The van der Waals surface area contributed by atoms with E-state index in [0.29, 0.717) is 19.6 Å². The summed E-state index contributed by atoms with van der Waals surface area (Å²) in [5.41, 5.74) is 0. The Hall–Kier alpha value is -2.03. The van der Waals surface area contributed by atoms with Gasteiger partial charge in [-0.15, -0.1) is 0 Å². The molecule has 0 amide bonds. The van der Waals surface area contributed by atoms with Gasteiger partial charge in [0.15, 0.2) is 5.96 Å². The number of piperazine rings is 1. The number of nitrogens with zero attached hydrogens (tertiary/aromatic N) is 5. The average molecular weight is 384 g/mol. The number of anilines is 1. The van der Waals surface area contributed by atoms with Crippen molar-refractivity contribution < 1.29 is 13.2 Å². The Morgan fingerprint density at radius 2 is 2.00 bits per heavy atom. The van der Waals surface area contributed by atoms with E-state index in [1.807, 2.05) is 18.2 Å². The third kappa shape index (κ3) is 5.72. The predicted octanol–water partition coefficient (Wildman–Crippen LogP) is 1.66. The highest BCUT2D eigenvalue weighted by Gasteiger charge is 2.34. The Labute approximate surface area is 158 Å². The summed E-state index contributed by atoms with van der Waals surface area (Å²) in [6.45, 7) is 4.22. The van der Waals surface area contributed by atoms with Crippen LogP contribution in [0.2, 0.25) is 0 Å². The highest BCUT2D eigenvalue weighted by atomic mass is 19.4. The fourth-order valence-electron chi connectivity index (χ4n) is 3.73. The van der Waals surface area contributed by atoms with Crippen molar-refractivity contribution in [2.24, 2.45) is 10.9 Å². The molecule has 1 aromatic rings. The van der Waals surface area contributed by atoms with Gasteiger partial charge in [0.1, 0.15) is 5.82 Å². The maximum atomic E-state index is 12.5. The van der Waals surface area contributed by atoms with Crippen LogP contribution in [0, 0.1) is 5.92 Å². The molecule has 0 radical (unpaired) electrons. The molecule has 150 valence electrons. The summed E-state index contributed by atoms with van der Waals surface area (Å²) >= 11 is 0. The average Bonchev–Trinajstić information content (AvgIpc) is 3.09. The second kappa shape index (κ2) is 8.77. The molecular weight excluding hydrogens is 357 g/mol. The first-order chi connectivity index (χ1) is 12.9. The minimum Gasteiger partial charge on any atom is -0.356 e. The van der Waals surface area contributed by atoms with Gasteiger partial charge in [-0.05, 0) is 31.0 Å². The summed E-state index contributed by atoms with van der Waals surface area (Å²) in [5.74, 6) is 2.03. The third-order valence-corrected chi connectivity index (χ3v) is 5.09. The van der Waals surface area contributed by atoms with Crippen LogP contribution in [-0.2, 0) is 0 Å². The van der Waals surface area contributed by atoms with Gasteiger partial charge in [-0.25, -0.2) is 4.98 Å². The van der Waals surface area contributed by atoms with Gasteiger partial charge in [-0.1, -0.05) is 6.07 Å². The Balaban J connectivity index is 1.43. The van der Waals surface area contributed by atoms with E-state index in [1.165, 1.54) is 4.90 Å². The molecule has 9 heteroatoms. The molecule has 3 heterocycles. The van der Waals surface area contributed by atoms with E-state index in [1.54, 1.807) is 13.2 Å². The van der Waals surface area contributed by atoms with Crippen molar-refractivity contribution in [3.8, 4) is 0 Å². The standard InChI is InChI=1S/C18H27F3N6/c1-22-17(24-12-15-5-7-25(13-15)14-18(19,20)21)27-10-8-26(9-11-27)16-4-2-3-6-23-16/h2-4,6,15H,5,7-14H2,1H3,(H,22,24). The number of halogens is 3. The summed E-state index contributed by atoms with van der Waals surface area (Å²) in [4.78, 5) is 14.7. The maximum absolute atomic E-state index is 12.5. The lowest BCUT2D eigenvalue weighted by atomic mass is 10.1. The molecule has 0 spiro atoms. The summed E-state index contributed by atoms with van der Waals surface area (Å²) in [5, 5.41) is 3.35. The first kappa shape index (κ1) is 19.7. The van der Waals surface area contributed by atoms with Crippen LogP contribution in [0.3, 0.4) is 0 Å². The topological polar surface area (TPSA) is 47.0 Å². The normalized spacial score (nSPS) is 22.4. The first-order valence-corrected chi connectivity index (χ1v) is 9.35. The molecule has 1 N–H and O–H groups in total. The molecule has 2 fully saturated rings. The lowest BCUT2D eigenvalue weighted by Gasteiger charge is -2.37. The maximum Gasteiger partial charge on any atom is 0.401 e. The van der Waals surface area contributed by atoms with Gasteiger partial charge >= 0.3 is 6.18 Å². The van der Waals surface area contributed by atoms with Crippen LogP contribution >= 0.6 is 0 Å². The second-order valence-corrected chi connectivity index (χ2v) is 7.10. The molecule has 2 saturated heterocycles. The van der Waals surface area contributed by atoms with E-state index in [2.05, 4.69) is 25.1 Å². The van der Waals surface area contributed by atoms with Crippen molar-refractivity contribution in [1.29, 1.82) is 0 Å². The van der Waals surface area contributed by atoms with E-state index in [0.717, 1.165) is 44.4 Å². The first-order valence-electron chi connectivity index (χ1n) is 9.35. The van der Waals surface area contributed by atoms with Crippen LogP contribution in [0.4, 0.5) is 19.0 Å². The summed E-state index contributed by atoms with van der Waals surface area (Å²) in [7, 11) is 1.75. The van der Waals surface area contributed by atoms with Gasteiger partial charge in [0.05, 0.1) is 6.54 Å². The highest BCUT2D eigenvalue weighted by molar-refractivity contribution is 5.80. The van der Waals surface area contributed by atoms with Crippen LogP contribution in [0.25, 0.3) is 0 Å². The fourth-order valence-corrected chi connectivity index (χ4v) is 3.73. The van der Waals surface area contributed by atoms with Crippen molar-refractivity contribution in [2.75, 3.05) is 64.3 Å². The number of aliphatic imine (C=N–C) groups is 1. The van der Waals surface area contributed by atoms with Gasteiger partial charge in [-0.3, -0.25) is 9.89 Å². The minimum atomic E-state index is -4.12. The fraction of sp³-hybridized carbons (Fsp3) is 0.667. The zero-order chi connectivity index (χ0) is 19.3. The summed E-state index contributed by atoms with van der Waals surface area (Å²) in [6, 6.07) is 5.90. The summed E-state index contributed by atoms with van der Waals surface area (Å²) in [6.07, 6.45) is -1.54. The second-order valence-electron chi connectivity index (χ2n) is 7.10. The minimum absolute atomic E-state index is 0.221. The SMILES string of the molecule is CN=C(NCC1CCN(CC(F)(F)F)C1)N1CCN(c2ccccn2)CC1. The van der Waals surface area contributed by atoms with Gasteiger partial charge in [-0.2, -0.15) is 13.2 Å². The number of guanidine groups is 1. The van der Waals surface area contributed by atoms with Gasteiger partial charge in [0, 0.05) is 52.5 Å². The number of hydrogen-bond donors (Lipinski definition) is 1. The van der Waals surface area contributed by atoms with E-state index >= 15 is 0 Å². The molecule has 2 aliphatic rings. The van der Waals surface area contributed by atoms with Gasteiger partial charge in [0.2, 0.25) is 0 Å². The molecule has 1 aromatic heterocycles. The smallest absolute Gasteiger partial charge is 0.356 e. The summed E-state index contributed by atoms with van der Waals surface area (Å²) < 4.78 is 37.5. The zero-order valence-electron chi connectivity index (χ0n) is 15.6. The lowest BCUT2D eigenvalue weighted by molar-refractivity contribution is -0.143. The number of nitrogens with one attached hydrogen (secondary N) is 1. The number of aromatic nitrogens is 1. The molecule has 0 aromatic carbocycles. The largest absolute Gasteiger partial charge is 0.401 e. The number of likely N-dealkylation sites (tertiary alicyclic amines) is 1. The van der Waals surface area contributed by atoms with Crippen LogP contribution in [0.15, 0.2) is 29.4 Å². The monoisotopic (exact) mass is 384 g/mol. The van der Waals surface area contributed by atoms with Crippen molar-refractivity contribution >= 4 is 11.8 Å². The van der Waals surface area contributed by atoms with Crippen LogP contribution in [-0.4, -0.2) is 86.3 Å². The van der Waals surface area contributed by atoms with Crippen molar-refractivity contribution in [3.05, 3.63) is 24.4 Å². The van der Waals surface area contributed by atoms with Crippen molar-refractivity contribution in [3.63, 3.8) is 0 Å². The molecule has 27 heavy (non-hydrogen) atoms. The van der Waals surface area contributed by atoms with Gasteiger partial charge < -0.3 is 15.1 Å². The van der Waals surface area contributed by atoms with Crippen LogP contribution in [0.1, 0.15) is 6.42 Å². The number of rotatable bonds is 4. The molecule has 2 aliphatic heterocycles. The van der Waals surface area contributed by atoms with E-state index in [-0.39, 0.29) is 5.92 Å². The highest BCUT2D eigenvalue weighted by Crippen LogP contribution is 2.22. The molecule has 0 bridgehead atoms. The Kier molecular flexibility index (Phi) is 6.41. The lowest BCUT2D eigenvalue weighted by Crippen LogP contribution is -2.53. The van der Waals surface area contributed by atoms with Crippen LogP contribution in [0.5, 0.6) is 0 Å². The Bertz CT molecular complexity index is 613. The molecule has 0 aliphatic carbocycles. The number of alkyl halides is 3. The van der Waals surface area contributed by atoms with Crippen molar-refractivity contribution in [2.45, 2.75) is 12.6 Å².